The molecule has 0 atom stereocenters. The first-order valence-corrected chi connectivity index (χ1v) is 8.00. The van der Waals surface area contributed by atoms with Crippen molar-refractivity contribution >= 4 is 15.8 Å². The van der Waals surface area contributed by atoms with Crippen LogP contribution in [0.3, 0.4) is 0 Å². The smallest absolute Gasteiger partial charge is 0.246 e. The minimum Gasteiger partial charge on any atom is -0.389 e. The van der Waals surface area contributed by atoms with Crippen LogP contribution in [0.15, 0.2) is 23.2 Å². The first-order chi connectivity index (χ1) is 9.18. The van der Waals surface area contributed by atoms with Crippen molar-refractivity contribution in [2.75, 3.05) is 25.5 Å². The van der Waals surface area contributed by atoms with Gasteiger partial charge in [0.05, 0.1) is 5.60 Å². The van der Waals surface area contributed by atoms with Crippen LogP contribution in [-0.2, 0) is 10.0 Å². The highest BCUT2D eigenvalue weighted by Gasteiger charge is 2.28. The third-order valence-corrected chi connectivity index (χ3v) is 4.45. The summed E-state index contributed by atoms with van der Waals surface area (Å²) in [6, 6.07) is 3.10. The van der Waals surface area contributed by atoms with Gasteiger partial charge >= 0.3 is 0 Å². The molecular weight excluding hydrogens is 278 g/mol. The fourth-order valence-electron chi connectivity index (χ4n) is 1.77. The predicted octanol–water partition coefficient (Wildman–Crippen LogP) is 1.29. The highest BCUT2D eigenvalue weighted by Crippen LogP contribution is 2.22. The lowest BCUT2D eigenvalue weighted by atomic mass is 10.1. The molecule has 1 aromatic rings. The molecule has 0 aliphatic carbocycles. The Hall–Kier alpha value is -1.18. The van der Waals surface area contributed by atoms with Crippen LogP contribution >= 0.6 is 0 Å². The van der Waals surface area contributed by atoms with Crippen molar-refractivity contribution in [3.05, 3.63) is 18.3 Å². The van der Waals surface area contributed by atoms with E-state index in [1.54, 1.807) is 26.1 Å². The summed E-state index contributed by atoms with van der Waals surface area (Å²) in [5, 5.41) is 12.8. The van der Waals surface area contributed by atoms with Crippen LogP contribution < -0.4 is 5.32 Å². The second-order valence-electron chi connectivity index (χ2n) is 5.35. The zero-order valence-corrected chi connectivity index (χ0v) is 13.2. The first kappa shape index (κ1) is 16.9. The average Bonchev–Trinajstić information content (AvgIpc) is 2.34. The summed E-state index contributed by atoms with van der Waals surface area (Å²) in [7, 11) is -2.24. The van der Waals surface area contributed by atoms with E-state index < -0.39 is 15.6 Å². The lowest BCUT2D eigenvalue weighted by Gasteiger charge is -2.25. The molecule has 0 aromatic carbocycles. The van der Waals surface area contributed by atoms with E-state index >= 15 is 0 Å². The Balaban J connectivity index is 3.09. The zero-order chi connectivity index (χ0) is 15.4. The van der Waals surface area contributed by atoms with Crippen molar-refractivity contribution < 1.29 is 13.5 Å². The fraction of sp³-hybridized carbons (Fsp3) is 0.615. The van der Waals surface area contributed by atoms with Gasteiger partial charge < -0.3 is 10.4 Å². The molecule has 0 amide bonds. The lowest BCUT2D eigenvalue weighted by Crippen LogP contribution is -2.39. The highest BCUT2D eigenvalue weighted by molar-refractivity contribution is 7.89. The van der Waals surface area contributed by atoms with Gasteiger partial charge in [0, 0.05) is 26.3 Å². The van der Waals surface area contributed by atoms with Crippen molar-refractivity contribution in [2.24, 2.45) is 0 Å². The molecule has 0 aliphatic rings. The molecular formula is C13H23N3O3S. The molecule has 0 saturated heterocycles. The van der Waals surface area contributed by atoms with Gasteiger partial charge in [-0.1, -0.05) is 6.92 Å². The summed E-state index contributed by atoms with van der Waals surface area (Å²) >= 11 is 0. The van der Waals surface area contributed by atoms with Crippen LogP contribution in [0.1, 0.15) is 27.2 Å². The molecule has 0 spiro atoms. The molecule has 114 valence electrons. The van der Waals surface area contributed by atoms with Crippen LogP contribution in [0, 0.1) is 0 Å². The van der Waals surface area contributed by atoms with Crippen LogP contribution in [-0.4, -0.2) is 48.6 Å². The third kappa shape index (κ3) is 4.43. The minimum atomic E-state index is -3.68. The topological polar surface area (TPSA) is 82.5 Å². The Morgan fingerprint density at radius 3 is 2.65 bits per heavy atom. The predicted molar refractivity (Wildman–Crippen MR) is 79.1 cm³/mol. The van der Waals surface area contributed by atoms with Crippen LogP contribution in [0.5, 0.6) is 0 Å². The number of aromatic nitrogens is 1. The van der Waals surface area contributed by atoms with Gasteiger partial charge in [-0.3, -0.25) is 0 Å². The maximum atomic E-state index is 12.5. The van der Waals surface area contributed by atoms with E-state index in [4.69, 9.17) is 0 Å². The van der Waals surface area contributed by atoms with Crippen LogP contribution in [0.4, 0.5) is 5.82 Å². The van der Waals surface area contributed by atoms with E-state index in [-0.39, 0.29) is 11.4 Å². The van der Waals surface area contributed by atoms with Gasteiger partial charge in [0.25, 0.3) is 0 Å². The first-order valence-electron chi connectivity index (χ1n) is 6.56. The third-order valence-electron chi connectivity index (χ3n) is 2.61. The van der Waals surface area contributed by atoms with Crippen molar-refractivity contribution in [1.29, 1.82) is 0 Å². The van der Waals surface area contributed by atoms with E-state index in [2.05, 4.69) is 10.3 Å². The molecule has 0 radical (unpaired) electrons. The van der Waals surface area contributed by atoms with Crippen LogP contribution in [0.25, 0.3) is 0 Å². The van der Waals surface area contributed by atoms with E-state index in [1.807, 2.05) is 6.92 Å². The molecule has 1 rings (SSSR count). The summed E-state index contributed by atoms with van der Waals surface area (Å²) in [4.78, 5) is 4.21. The Morgan fingerprint density at radius 2 is 2.10 bits per heavy atom. The van der Waals surface area contributed by atoms with E-state index in [0.717, 1.165) is 10.7 Å². The Labute approximate surface area is 120 Å². The normalized spacial score (nSPS) is 12.7. The standard InChI is InChI=1S/C13H23N3O3S/c1-5-8-14-12-11(7-6-9-15-12)20(18,19)16(4)10-13(2,3)17/h6-7,9,17H,5,8,10H2,1-4H3,(H,14,15). The molecule has 1 heterocycles. The summed E-state index contributed by atoms with van der Waals surface area (Å²) in [5.74, 6) is 0.344. The zero-order valence-electron chi connectivity index (χ0n) is 12.4. The largest absolute Gasteiger partial charge is 0.389 e. The number of likely N-dealkylation sites (N-methyl/N-ethyl adjacent to an activating group) is 1. The number of hydrogen-bond acceptors (Lipinski definition) is 5. The number of hydrogen-bond donors (Lipinski definition) is 2. The number of aliphatic hydroxyl groups is 1. The minimum absolute atomic E-state index is 0.0114. The second-order valence-corrected chi connectivity index (χ2v) is 7.36. The molecule has 0 unspecified atom stereocenters. The fourth-order valence-corrected chi connectivity index (χ4v) is 3.21. The van der Waals surface area contributed by atoms with E-state index in [0.29, 0.717) is 12.4 Å². The number of sulfonamides is 1. The Kier molecular flexibility index (Phi) is 5.50. The molecule has 2 N–H and O–H groups in total. The molecule has 0 saturated carbocycles. The van der Waals surface area contributed by atoms with Gasteiger partial charge in [-0.25, -0.2) is 13.4 Å². The monoisotopic (exact) mass is 301 g/mol. The molecule has 0 bridgehead atoms. The van der Waals surface area contributed by atoms with Gasteiger partial charge in [0.15, 0.2) is 0 Å². The van der Waals surface area contributed by atoms with Gasteiger partial charge in [-0.2, -0.15) is 4.31 Å². The molecule has 0 fully saturated rings. The Morgan fingerprint density at radius 1 is 1.45 bits per heavy atom. The summed E-state index contributed by atoms with van der Waals surface area (Å²) in [6.07, 6.45) is 2.42. The van der Waals surface area contributed by atoms with Crippen molar-refractivity contribution in [1.82, 2.24) is 9.29 Å². The summed E-state index contributed by atoms with van der Waals surface area (Å²) in [6.45, 7) is 5.79. The maximum absolute atomic E-state index is 12.5. The molecule has 0 aliphatic heterocycles. The van der Waals surface area contributed by atoms with Crippen LogP contribution in [0.2, 0.25) is 0 Å². The number of anilines is 1. The van der Waals surface area contributed by atoms with Gasteiger partial charge in [0.1, 0.15) is 10.7 Å². The molecule has 7 heteroatoms. The maximum Gasteiger partial charge on any atom is 0.246 e. The number of nitrogens with zero attached hydrogens (tertiary/aromatic N) is 2. The van der Waals surface area contributed by atoms with Gasteiger partial charge in [0.2, 0.25) is 10.0 Å². The number of pyridine rings is 1. The van der Waals surface area contributed by atoms with Gasteiger partial charge in [-0.15, -0.1) is 0 Å². The van der Waals surface area contributed by atoms with Crippen molar-refractivity contribution in [3.63, 3.8) is 0 Å². The lowest BCUT2D eigenvalue weighted by molar-refractivity contribution is 0.0640. The van der Waals surface area contributed by atoms with Crippen molar-refractivity contribution in [2.45, 2.75) is 37.7 Å². The van der Waals surface area contributed by atoms with E-state index in [9.17, 15) is 13.5 Å². The summed E-state index contributed by atoms with van der Waals surface area (Å²) in [5.41, 5.74) is -1.10. The van der Waals surface area contributed by atoms with E-state index in [1.165, 1.54) is 13.1 Å². The molecule has 1 aromatic heterocycles. The summed E-state index contributed by atoms with van der Waals surface area (Å²) < 4.78 is 26.2. The van der Waals surface area contributed by atoms with Crippen molar-refractivity contribution in [3.8, 4) is 0 Å². The molecule has 6 nitrogen and oxygen atoms in total. The number of rotatable bonds is 7. The second kappa shape index (κ2) is 6.51. The number of nitrogens with one attached hydrogen (secondary N) is 1. The molecule has 20 heavy (non-hydrogen) atoms. The highest BCUT2D eigenvalue weighted by atomic mass is 32.2. The quantitative estimate of drug-likeness (QED) is 0.793. The Bertz CT molecular complexity index is 538. The average molecular weight is 301 g/mol. The van der Waals surface area contributed by atoms with Gasteiger partial charge in [-0.05, 0) is 32.4 Å². The SMILES string of the molecule is CCCNc1ncccc1S(=O)(=O)N(C)CC(C)(C)O.